The summed E-state index contributed by atoms with van der Waals surface area (Å²) in [4.78, 5) is 10.5. The minimum absolute atomic E-state index is 0.149. The molecule has 5 nitrogen and oxygen atoms in total. The van der Waals surface area contributed by atoms with Crippen LogP contribution < -0.4 is 20.3 Å². The van der Waals surface area contributed by atoms with Crippen LogP contribution in [-0.4, -0.2) is 20.2 Å². The number of benzene rings is 1. The number of quaternary nitrogens is 1. The van der Waals surface area contributed by atoms with Gasteiger partial charge in [0.2, 0.25) is 0 Å². The summed E-state index contributed by atoms with van der Waals surface area (Å²) in [5.41, 5.74) is 4.48. The third-order valence-corrected chi connectivity index (χ3v) is 2.29. The Morgan fingerprint density at radius 1 is 1.44 bits per heavy atom. The van der Waals surface area contributed by atoms with Crippen molar-refractivity contribution in [1.82, 2.24) is 0 Å². The summed E-state index contributed by atoms with van der Waals surface area (Å²) in [5.74, 6) is 0.106. The third kappa shape index (κ3) is 2.87. The normalized spacial score (nSPS) is 11.9. The fourth-order valence-electron chi connectivity index (χ4n) is 1.47. The Bertz CT molecular complexity index is 378. The van der Waals surface area contributed by atoms with E-state index in [2.05, 4.69) is 5.73 Å². The Labute approximate surface area is 93.8 Å². The number of hydrogen-bond donors (Lipinski definition) is 1. The quantitative estimate of drug-likeness (QED) is 0.705. The Morgan fingerprint density at radius 2 is 2.12 bits per heavy atom. The lowest BCUT2D eigenvalue weighted by Crippen LogP contribution is -2.55. The van der Waals surface area contributed by atoms with E-state index in [1.165, 1.54) is 7.11 Å². The minimum atomic E-state index is -1.13. The fraction of sp³-hybridized carbons (Fsp3) is 0.364. The number of rotatable bonds is 5. The summed E-state index contributed by atoms with van der Waals surface area (Å²) in [5, 5.41) is 10.5. The summed E-state index contributed by atoms with van der Waals surface area (Å²) in [6, 6.07) is 4.77. The SMILES string of the molecule is COc1ccc(OC)c([C@@H]([NH3+])CC(=O)[O-])c1. The standard InChI is InChI=1S/C11H15NO4/c1-15-7-3-4-10(16-2)8(5-7)9(12)6-11(13)14/h3-5,9H,6,12H2,1-2H3,(H,13,14)/t9-/m0/s1. The van der Waals surface area contributed by atoms with Crippen molar-refractivity contribution in [1.29, 1.82) is 0 Å². The zero-order chi connectivity index (χ0) is 12.1. The molecule has 0 radical (unpaired) electrons. The van der Waals surface area contributed by atoms with Gasteiger partial charge in [0.15, 0.2) is 0 Å². The number of hydrogen-bond acceptors (Lipinski definition) is 4. The van der Waals surface area contributed by atoms with Gasteiger partial charge in [-0.2, -0.15) is 0 Å². The molecule has 5 heteroatoms. The van der Waals surface area contributed by atoms with E-state index in [0.29, 0.717) is 17.1 Å². The molecule has 0 saturated heterocycles. The molecule has 0 amide bonds. The van der Waals surface area contributed by atoms with Gasteiger partial charge in [-0.3, -0.25) is 0 Å². The van der Waals surface area contributed by atoms with Gasteiger partial charge in [0, 0.05) is 12.4 Å². The average molecular weight is 225 g/mol. The molecule has 0 heterocycles. The first-order valence-electron chi connectivity index (χ1n) is 4.83. The minimum Gasteiger partial charge on any atom is -0.550 e. The monoisotopic (exact) mass is 225 g/mol. The molecule has 0 fully saturated rings. The van der Waals surface area contributed by atoms with Gasteiger partial charge in [0.1, 0.15) is 17.5 Å². The van der Waals surface area contributed by atoms with Crippen LogP contribution in [-0.2, 0) is 4.79 Å². The van der Waals surface area contributed by atoms with Gasteiger partial charge in [0.25, 0.3) is 0 Å². The number of carboxylic acid groups (broad SMARTS) is 1. The molecule has 0 aromatic heterocycles. The number of carboxylic acids is 1. The van der Waals surface area contributed by atoms with Gasteiger partial charge < -0.3 is 25.1 Å². The lowest BCUT2D eigenvalue weighted by atomic mass is 10.0. The smallest absolute Gasteiger partial charge is 0.128 e. The summed E-state index contributed by atoms with van der Waals surface area (Å²) < 4.78 is 10.2. The van der Waals surface area contributed by atoms with Crippen LogP contribution in [0.5, 0.6) is 11.5 Å². The van der Waals surface area contributed by atoms with E-state index in [0.717, 1.165) is 0 Å². The maximum atomic E-state index is 10.5. The molecular formula is C11H15NO4. The Balaban J connectivity index is 3.02. The van der Waals surface area contributed by atoms with Gasteiger partial charge in [-0.15, -0.1) is 0 Å². The van der Waals surface area contributed by atoms with Crippen molar-refractivity contribution in [2.24, 2.45) is 0 Å². The number of aliphatic carboxylic acids is 1. The van der Waals surface area contributed by atoms with Crippen LogP contribution in [0.3, 0.4) is 0 Å². The zero-order valence-corrected chi connectivity index (χ0v) is 9.36. The highest BCUT2D eigenvalue weighted by Gasteiger charge is 2.16. The third-order valence-electron chi connectivity index (χ3n) is 2.29. The summed E-state index contributed by atoms with van der Waals surface area (Å²) in [6.07, 6.45) is -0.149. The Kier molecular flexibility index (Phi) is 4.13. The maximum absolute atomic E-state index is 10.5. The first kappa shape index (κ1) is 12.3. The second kappa shape index (κ2) is 5.37. The van der Waals surface area contributed by atoms with Crippen molar-refractivity contribution >= 4 is 5.97 Å². The number of carbonyl (C=O) groups is 1. The first-order chi connectivity index (χ1) is 7.58. The van der Waals surface area contributed by atoms with E-state index in [-0.39, 0.29) is 6.42 Å². The first-order valence-corrected chi connectivity index (χ1v) is 4.83. The largest absolute Gasteiger partial charge is 0.550 e. The molecule has 3 N–H and O–H groups in total. The fourth-order valence-corrected chi connectivity index (χ4v) is 1.47. The molecule has 0 bridgehead atoms. The molecule has 1 aromatic rings. The highest BCUT2D eigenvalue weighted by molar-refractivity contribution is 5.65. The van der Waals surface area contributed by atoms with Crippen molar-refractivity contribution in [3.63, 3.8) is 0 Å². The Hall–Kier alpha value is -1.75. The van der Waals surface area contributed by atoms with E-state index >= 15 is 0 Å². The summed E-state index contributed by atoms with van der Waals surface area (Å²) in [6.45, 7) is 0. The van der Waals surface area contributed by atoms with Crippen LogP contribution in [0.1, 0.15) is 18.0 Å². The summed E-state index contributed by atoms with van der Waals surface area (Å²) >= 11 is 0. The zero-order valence-electron chi connectivity index (χ0n) is 9.36. The predicted octanol–water partition coefficient (Wildman–Crippen LogP) is -0.873. The summed E-state index contributed by atoms with van der Waals surface area (Å²) in [7, 11) is 3.07. The molecule has 0 aliphatic heterocycles. The van der Waals surface area contributed by atoms with Gasteiger partial charge in [-0.25, -0.2) is 0 Å². The molecule has 0 saturated carbocycles. The highest BCUT2D eigenvalue weighted by atomic mass is 16.5. The lowest BCUT2D eigenvalue weighted by Gasteiger charge is -2.14. The topological polar surface area (TPSA) is 86.2 Å². The van der Waals surface area contributed by atoms with Crippen LogP contribution in [0.4, 0.5) is 0 Å². The molecule has 88 valence electrons. The van der Waals surface area contributed by atoms with E-state index in [1.807, 2.05) is 0 Å². The predicted molar refractivity (Wildman–Crippen MR) is 54.8 cm³/mol. The van der Waals surface area contributed by atoms with E-state index < -0.39 is 12.0 Å². The highest BCUT2D eigenvalue weighted by Crippen LogP contribution is 2.28. The molecule has 1 rings (SSSR count). The van der Waals surface area contributed by atoms with E-state index in [4.69, 9.17) is 9.47 Å². The van der Waals surface area contributed by atoms with Crippen molar-refractivity contribution < 1.29 is 25.1 Å². The number of ether oxygens (including phenoxy) is 2. The van der Waals surface area contributed by atoms with Crippen LogP contribution in [0.25, 0.3) is 0 Å². The molecule has 0 aliphatic rings. The van der Waals surface area contributed by atoms with Crippen molar-refractivity contribution in [3.8, 4) is 11.5 Å². The average Bonchev–Trinajstić information content (AvgIpc) is 2.27. The van der Waals surface area contributed by atoms with Gasteiger partial charge in [-0.05, 0) is 18.2 Å². The van der Waals surface area contributed by atoms with Crippen LogP contribution in [0.2, 0.25) is 0 Å². The molecular weight excluding hydrogens is 210 g/mol. The van der Waals surface area contributed by atoms with Gasteiger partial charge in [-0.1, -0.05) is 0 Å². The molecule has 1 aromatic carbocycles. The van der Waals surface area contributed by atoms with E-state index in [9.17, 15) is 9.90 Å². The van der Waals surface area contributed by atoms with Crippen LogP contribution in [0, 0.1) is 0 Å². The molecule has 0 unspecified atom stereocenters. The molecule has 0 aliphatic carbocycles. The molecule has 0 spiro atoms. The van der Waals surface area contributed by atoms with Crippen molar-refractivity contribution in [2.45, 2.75) is 12.5 Å². The molecule has 16 heavy (non-hydrogen) atoms. The van der Waals surface area contributed by atoms with Gasteiger partial charge >= 0.3 is 0 Å². The molecule has 1 atom stereocenters. The second-order valence-electron chi connectivity index (χ2n) is 3.38. The van der Waals surface area contributed by atoms with Crippen LogP contribution >= 0.6 is 0 Å². The Morgan fingerprint density at radius 3 is 2.62 bits per heavy atom. The number of methoxy groups -OCH3 is 2. The van der Waals surface area contributed by atoms with E-state index in [1.54, 1.807) is 25.3 Å². The second-order valence-corrected chi connectivity index (χ2v) is 3.38. The maximum Gasteiger partial charge on any atom is 0.128 e. The van der Waals surface area contributed by atoms with Crippen molar-refractivity contribution in [2.75, 3.05) is 14.2 Å². The lowest BCUT2D eigenvalue weighted by molar-refractivity contribution is -0.430. The van der Waals surface area contributed by atoms with Crippen LogP contribution in [0.15, 0.2) is 18.2 Å². The van der Waals surface area contributed by atoms with Crippen molar-refractivity contribution in [3.05, 3.63) is 23.8 Å². The van der Waals surface area contributed by atoms with Gasteiger partial charge in [0.05, 0.1) is 19.8 Å². The number of carbonyl (C=O) groups excluding carboxylic acids is 1.